The number of aromatic nitrogens is 2. The van der Waals surface area contributed by atoms with E-state index in [2.05, 4.69) is 20.2 Å². The van der Waals surface area contributed by atoms with Crippen LogP contribution in [0.5, 0.6) is 0 Å². The van der Waals surface area contributed by atoms with Gasteiger partial charge in [-0.25, -0.2) is 9.97 Å². The van der Waals surface area contributed by atoms with E-state index in [1.54, 1.807) is 0 Å². The summed E-state index contributed by atoms with van der Waals surface area (Å²) in [5.74, 6) is 0.621. The predicted octanol–water partition coefficient (Wildman–Crippen LogP) is 4.30. The van der Waals surface area contributed by atoms with E-state index in [0.29, 0.717) is 17.6 Å². The summed E-state index contributed by atoms with van der Waals surface area (Å²) in [6, 6.07) is 17.6. The van der Waals surface area contributed by atoms with Crippen molar-refractivity contribution in [2.24, 2.45) is 0 Å². The number of nitrogens with one attached hydrogen (secondary N) is 1. The van der Waals surface area contributed by atoms with E-state index in [-0.39, 0.29) is 11.7 Å². The highest BCUT2D eigenvalue weighted by atomic mass is 16.3. The Balaban J connectivity index is 1.55. The molecule has 0 saturated carbocycles. The van der Waals surface area contributed by atoms with Gasteiger partial charge in [0.2, 0.25) is 5.82 Å². The minimum atomic E-state index is -0.278. The van der Waals surface area contributed by atoms with E-state index in [1.165, 1.54) is 6.42 Å². The molecule has 29 heavy (non-hydrogen) atoms. The molecule has 4 aromatic rings. The number of carbonyl (C=O) groups excluding carboxylic acids is 1. The summed E-state index contributed by atoms with van der Waals surface area (Å²) in [4.78, 5) is 24.3. The van der Waals surface area contributed by atoms with Crippen LogP contribution in [0, 0.1) is 0 Å². The van der Waals surface area contributed by atoms with Crippen LogP contribution in [-0.4, -0.2) is 29.0 Å². The van der Waals surface area contributed by atoms with Gasteiger partial charge < -0.3 is 14.6 Å². The van der Waals surface area contributed by atoms with Crippen molar-refractivity contribution in [2.45, 2.75) is 25.8 Å². The average molecular weight is 386 g/mol. The standard InChI is InChI=1S/C23H22N4O2/c28-23(24-15-16-9-3-1-4-10-16)21-25-19-17-11-5-6-12-18(17)29-20(19)22(26-21)27-13-7-2-8-14-27/h1,3-6,9-12H,2,7-8,13-15H2,(H,24,28). The molecule has 1 N–H and O–H groups in total. The second-order valence-corrected chi connectivity index (χ2v) is 7.36. The quantitative estimate of drug-likeness (QED) is 0.566. The van der Waals surface area contributed by atoms with Crippen molar-refractivity contribution in [3.8, 4) is 0 Å². The topological polar surface area (TPSA) is 71.3 Å². The Bertz CT molecular complexity index is 1160. The van der Waals surface area contributed by atoms with Crippen LogP contribution in [0.2, 0.25) is 0 Å². The molecule has 1 saturated heterocycles. The highest BCUT2D eigenvalue weighted by molar-refractivity contribution is 6.07. The van der Waals surface area contributed by atoms with Gasteiger partial charge in [-0.2, -0.15) is 0 Å². The number of benzene rings is 2. The molecule has 5 rings (SSSR count). The lowest BCUT2D eigenvalue weighted by molar-refractivity contribution is 0.0941. The molecule has 1 aliphatic heterocycles. The largest absolute Gasteiger partial charge is 0.450 e. The van der Waals surface area contributed by atoms with Gasteiger partial charge in [-0.05, 0) is 37.0 Å². The zero-order valence-electron chi connectivity index (χ0n) is 16.1. The van der Waals surface area contributed by atoms with E-state index in [4.69, 9.17) is 4.42 Å². The molecule has 0 unspecified atom stereocenters. The fourth-order valence-electron chi connectivity index (χ4n) is 3.86. The van der Waals surface area contributed by atoms with Gasteiger partial charge in [0.1, 0.15) is 11.1 Å². The first-order valence-corrected chi connectivity index (χ1v) is 10.1. The summed E-state index contributed by atoms with van der Waals surface area (Å²) in [6.45, 7) is 2.26. The van der Waals surface area contributed by atoms with Crippen molar-refractivity contribution in [1.82, 2.24) is 15.3 Å². The fourth-order valence-corrected chi connectivity index (χ4v) is 3.86. The van der Waals surface area contributed by atoms with E-state index in [9.17, 15) is 4.79 Å². The summed E-state index contributed by atoms with van der Waals surface area (Å²) in [6.07, 6.45) is 3.44. The Kier molecular flexibility index (Phi) is 4.60. The molecule has 6 nitrogen and oxygen atoms in total. The Labute approximate surface area is 168 Å². The molecule has 0 bridgehead atoms. The Morgan fingerprint density at radius 3 is 2.55 bits per heavy atom. The summed E-state index contributed by atoms with van der Waals surface area (Å²) in [5.41, 5.74) is 3.15. The number of nitrogens with zero attached hydrogens (tertiary/aromatic N) is 3. The summed E-state index contributed by atoms with van der Waals surface area (Å²) >= 11 is 0. The average Bonchev–Trinajstić information content (AvgIpc) is 3.17. The lowest BCUT2D eigenvalue weighted by Gasteiger charge is -2.27. The number of carbonyl (C=O) groups is 1. The van der Waals surface area contributed by atoms with Crippen LogP contribution in [0.25, 0.3) is 22.1 Å². The number of anilines is 1. The zero-order chi connectivity index (χ0) is 19.6. The van der Waals surface area contributed by atoms with Crippen molar-refractivity contribution in [3.63, 3.8) is 0 Å². The number of fused-ring (bicyclic) bond motifs is 3. The van der Waals surface area contributed by atoms with Gasteiger partial charge in [-0.3, -0.25) is 4.79 Å². The number of piperidine rings is 1. The molecule has 2 aromatic heterocycles. The zero-order valence-corrected chi connectivity index (χ0v) is 16.1. The van der Waals surface area contributed by atoms with Gasteiger partial charge >= 0.3 is 0 Å². The minimum absolute atomic E-state index is 0.181. The lowest BCUT2D eigenvalue weighted by Crippen LogP contribution is -2.32. The van der Waals surface area contributed by atoms with Crippen LogP contribution >= 0.6 is 0 Å². The highest BCUT2D eigenvalue weighted by Crippen LogP contribution is 2.33. The molecule has 1 fully saturated rings. The van der Waals surface area contributed by atoms with Crippen molar-refractivity contribution in [1.29, 1.82) is 0 Å². The molecule has 0 spiro atoms. The van der Waals surface area contributed by atoms with E-state index in [1.807, 2.05) is 54.6 Å². The maximum absolute atomic E-state index is 12.9. The molecular formula is C23H22N4O2. The van der Waals surface area contributed by atoms with Gasteiger partial charge in [0.05, 0.1) is 0 Å². The highest BCUT2D eigenvalue weighted by Gasteiger charge is 2.23. The predicted molar refractivity (Wildman–Crippen MR) is 113 cm³/mol. The van der Waals surface area contributed by atoms with E-state index >= 15 is 0 Å². The number of amides is 1. The number of furan rings is 1. The first kappa shape index (κ1) is 17.7. The van der Waals surface area contributed by atoms with Crippen LogP contribution in [0.4, 0.5) is 5.82 Å². The molecule has 146 valence electrons. The smallest absolute Gasteiger partial charge is 0.289 e. The van der Waals surface area contributed by atoms with Crippen LogP contribution in [0.1, 0.15) is 35.4 Å². The van der Waals surface area contributed by atoms with Crippen LogP contribution in [0.15, 0.2) is 59.0 Å². The SMILES string of the molecule is O=C(NCc1ccccc1)c1nc(N2CCCCC2)c2oc3ccccc3c2n1. The monoisotopic (exact) mass is 386 g/mol. The summed E-state index contributed by atoms with van der Waals surface area (Å²) < 4.78 is 6.10. The van der Waals surface area contributed by atoms with Crippen molar-refractivity contribution < 1.29 is 9.21 Å². The van der Waals surface area contributed by atoms with Crippen LogP contribution in [-0.2, 0) is 6.54 Å². The maximum atomic E-state index is 12.9. The first-order chi connectivity index (χ1) is 14.3. The van der Waals surface area contributed by atoms with Crippen LogP contribution < -0.4 is 10.2 Å². The minimum Gasteiger partial charge on any atom is -0.450 e. The van der Waals surface area contributed by atoms with Gasteiger partial charge in [-0.15, -0.1) is 0 Å². The van der Waals surface area contributed by atoms with Crippen LogP contribution in [0.3, 0.4) is 0 Å². The van der Waals surface area contributed by atoms with E-state index < -0.39 is 0 Å². The Morgan fingerprint density at radius 2 is 1.72 bits per heavy atom. The Hall–Kier alpha value is -3.41. The van der Waals surface area contributed by atoms with Crippen molar-refractivity contribution in [3.05, 3.63) is 66.0 Å². The molecule has 0 radical (unpaired) electrons. The third kappa shape index (κ3) is 3.42. The summed E-state index contributed by atoms with van der Waals surface area (Å²) in [5, 5.41) is 3.84. The molecule has 0 aliphatic carbocycles. The Morgan fingerprint density at radius 1 is 0.966 bits per heavy atom. The fraction of sp³-hybridized carbons (Fsp3) is 0.261. The molecule has 1 aliphatic rings. The number of hydrogen-bond acceptors (Lipinski definition) is 5. The van der Waals surface area contributed by atoms with Crippen molar-refractivity contribution in [2.75, 3.05) is 18.0 Å². The molecule has 6 heteroatoms. The second kappa shape index (κ2) is 7.54. The number of para-hydroxylation sites is 1. The molecular weight excluding hydrogens is 364 g/mol. The van der Waals surface area contributed by atoms with Gasteiger partial charge in [0, 0.05) is 25.0 Å². The third-order valence-electron chi connectivity index (χ3n) is 5.36. The summed E-state index contributed by atoms with van der Waals surface area (Å²) in [7, 11) is 0. The third-order valence-corrected chi connectivity index (χ3v) is 5.36. The first-order valence-electron chi connectivity index (χ1n) is 10.1. The molecule has 1 amide bonds. The number of rotatable bonds is 4. The van der Waals surface area contributed by atoms with Crippen molar-refractivity contribution >= 4 is 33.8 Å². The van der Waals surface area contributed by atoms with E-state index in [0.717, 1.165) is 48.3 Å². The molecule has 0 atom stereocenters. The second-order valence-electron chi connectivity index (χ2n) is 7.36. The molecule has 2 aromatic carbocycles. The lowest BCUT2D eigenvalue weighted by atomic mass is 10.1. The van der Waals surface area contributed by atoms with Gasteiger partial charge in [0.25, 0.3) is 5.91 Å². The molecule has 3 heterocycles. The maximum Gasteiger partial charge on any atom is 0.289 e. The van der Waals surface area contributed by atoms with Gasteiger partial charge in [0.15, 0.2) is 11.4 Å². The van der Waals surface area contributed by atoms with Gasteiger partial charge in [-0.1, -0.05) is 42.5 Å². The normalized spacial score (nSPS) is 14.4. The number of hydrogen-bond donors (Lipinski definition) is 1.